The van der Waals surface area contributed by atoms with Gasteiger partial charge >= 0.3 is 0 Å². The summed E-state index contributed by atoms with van der Waals surface area (Å²) in [5, 5.41) is 10.9. The normalized spacial score (nSPS) is 10.9. The van der Waals surface area contributed by atoms with Crippen LogP contribution < -0.4 is 0 Å². The van der Waals surface area contributed by atoms with Crippen LogP contribution in [0.5, 0.6) is 0 Å². The molecule has 15 heavy (non-hydrogen) atoms. The summed E-state index contributed by atoms with van der Waals surface area (Å²) < 4.78 is 5.09. The highest BCUT2D eigenvalue weighted by Crippen LogP contribution is 2.24. The van der Waals surface area contributed by atoms with Gasteiger partial charge in [0, 0.05) is 16.5 Å². The van der Waals surface area contributed by atoms with Crippen LogP contribution in [0, 0.1) is 6.92 Å². The summed E-state index contributed by atoms with van der Waals surface area (Å²) in [4.78, 5) is 5.17. The Hall–Kier alpha value is -1.00. The molecule has 0 bridgehead atoms. The summed E-state index contributed by atoms with van der Waals surface area (Å²) in [6.07, 6.45) is 3.37. The second kappa shape index (κ2) is 6.48. The molecule has 1 N–H and O–H groups in total. The van der Waals surface area contributed by atoms with Gasteiger partial charge in [-0.15, -0.1) is 0 Å². The number of hydrogen-bond donors (Lipinski definition) is 1. The maximum Gasteiger partial charge on any atom is 0.0895 e. The van der Waals surface area contributed by atoms with Gasteiger partial charge in [-0.1, -0.05) is 11.8 Å². The number of ether oxygens (including phenoxy) is 1. The van der Waals surface area contributed by atoms with Crippen molar-refractivity contribution in [3.8, 4) is 0 Å². The average molecular weight is 225 g/mol. The Morgan fingerprint density at radius 3 is 3.07 bits per heavy atom. The number of aliphatic hydroxyl groups is 1. The molecule has 1 rings (SSSR count). The lowest BCUT2D eigenvalue weighted by Gasteiger charge is -2.05. The molecule has 0 aliphatic rings. The molecule has 0 radical (unpaired) electrons. The van der Waals surface area contributed by atoms with E-state index >= 15 is 0 Å². The van der Waals surface area contributed by atoms with Gasteiger partial charge in [0.2, 0.25) is 0 Å². The summed E-state index contributed by atoms with van der Waals surface area (Å²) in [5.74, 6) is 0. The summed E-state index contributed by atoms with van der Waals surface area (Å²) >= 11 is 1.56. The van der Waals surface area contributed by atoms with Crippen molar-refractivity contribution in [3.05, 3.63) is 35.2 Å². The molecule has 4 heteroatoms. The highest BCUT2D eigenvalue weighted by molar-refractivity contribution is 8.02. The summed E-state index contributed by atoms with van der Waals surface area (Å²) in [6.45, 7) is 4.55. The molecular formula is C11H15NO2S. The third kappa shape index (κ3) is 3.57. The SMILES string of the molecule is CCOC=CSc1ccnc(CO)c1C. The van der Waals surface area contributed by atoms with Gasteiger partial charge in [0.05, 0.1) is 25.2 Å². The monoisotopic (exact) mass is 225 g/mol. The molecule has 82 valence electrons. The van der Waals surface area contributed by atoms with Crippen molar-refractivity contribution in [2.75, 3.05) is 6.61 Å². The van der Waals surface area contributed by atoms with Crippen LogP contribution >= 0.6 is 11.8 Å². The first-order valence-electron chi connectivity index (χ1n) is 4.78. The number of aromatic nitrogens is 1. The lowest BCUT2D eigenvalue weighted by Crippen LogP contribution is -1.94. The van der Waals surface area contributed by atoms with Crippen molar-refractivity contribution in [2.45, 2.75) is 25.3 Å². The van der Waals surface area contributed by atoms with E-state index in [1.807, 2.05) is 25.3 Å². The van der Waals surface area contributed by atoms with Gasteiger partial charge in [-0.2, -0.15) is 0 Å². The summed E-state index contributed by atoms with van der Waals surface area (Å²) in [7, 11) is 0. The first-order chi connectivity index (χ1) is 7.29. The Kier molecular flexibility index (Phi) is 5.21. The van der Waals surface area contributed by atoms with Crippen molar-refractivity contribution < 1.29 is 9.84 Å². The van der Waals surface area contributed by atoms with Crippen molar-refractivity contribution in [1.29, 1.82) is 0 Å². The molecule has 0 unspecified atom stereocenters. The van der Waals surface area contributed by atoms with Crippen LogP contribution in [0.2, 0.25) is 0 Å². The zero-order valence-corrected chi connectivity index (χ0v) is 9.75. The molecule has 0 aliphatic carbocycles. The van der Waals surface area contributed by atoms with Gasteiger partial charge in [-0.05, 0) is 25.5 Å². The van der Waals surface area contributed by atoms with E-state index in [1.165, 1.54) is 0 Å². The molecule has 0 aliphatic heterocycles. The minimum absolute atomic E-state index is 0.0184. The number of rotatable bonds is 5. The largest absolute Gasteiger partial charge is 0.501 e. The van der Waals surface area contributed by atoms with E-state index in [4.69, 9.17) is 9.84 Å². The molecule has 0 saturated heterocycles. The fraction of sp³-hybridized carbons (Fsp3) is 0.364. The minimum atomic E-state index is -0.0184. The van der Waals surface area contributed by atoms with Crippen molar-refractivity contribution in [2.24, 2.45) is 0 Å². The van der Waals surface area contributed by atoms with E-state index in [1.54, 1.807) is 24.2 Å². The summed E-state index contributed by atoms with van der Waals surface area (Å²) in [6, 6.07) is 1.93. The smallest absolute Gasteiger partial charge is 0.0895 e. The van der Waals surface area contributed by atoms with Crippen LogP contribution in [0.25, 0.3) is 0 Å². The molecule has 0 atom stereocenters. The summed E-state index contributed by atoms with van der Waals surface area (Å²) in [5.41, 5.74) is 1.75. The second-order valence-electron chi connectivity index (χ2n) is 2.88. The van der Waals surface area contributed by atoms with E-state index in [0.29, 0.717) is 6.61 Å². The molecule has 0 amide bonds. The Bertz CT molecular complexity index is 339. The molecular weight excluding hydrogens is 210 g/mol. The van der Waals surface area contributed by atoms with Crippen molar-refractivity contribution in [1.82, 2.24) is 4.98 Å². The minimum Gasteiger partial charge on any atom is -0.501 e. The van der Waals surface area contributed by atoms with Crippen LogP contribution in [0.4, 0.5) is 0 Å². The fourth-order valence-corrected chi connectivity index (χ4v) is 1.80. The third-order valence-corrected chi connectivity index (χ3v) is 2.87. The topological polar surface area (TPSA) is 42.4 Å². The van der Waals surface area contributed by atoms with Gasteiger partial charge in [-0.25, -0.2) is 0 Å². The number of hydrogen-bond acceptors (Lipinski definition) is 4. The molecule has 0 saturated carbocycles. The second-order valence-corrected chi connectivity index (χ2v) is 3.83. The number of pyridine rings is 1. The van der Waals surface area contributed by atoms with Crippen LogP contribution in [0.3, 0.4) is 0 Å². The maximum atomic E-state index is 9.04. The Morgan fingerprint density at radius 2 is 2.40 bits per heavy atom. The van der Waals surface area contributed by atoms with E-state index in [0.717, 1.165) is 16.2 Å². The highest BCUT2D eigenvalue weighted by atomic mass is 32.2. The highest BCUT2D eigenvalue weighted by Gasteiger charge is 2.03. The Balaban J connectivity index is 2.68. The van der Waals surface area contributed by atoms with Crippen LogP contribution in [0.15, 0.2) is 28.8 Å². The Morgan fingerprint density at radius 1 is 1.60 bits per heavy atom. The van der Waals surface area contributed by atoms with Crippen LogP contribution in [-0.4, -0.2) is 16.7 Å². The standard InChI is InChI=1S/C11H15NO2S/c1-3-14-6-7-15-11-4-5-12-10(8-13)9(11)2/h4-7,13H,3,8H2,1-2H3. The zero-order valence-electron chi connectivity index (χ0n) is 8.93. The van der Waals surface area contributed by atoms with Gasteiger partial charge < -0.3 is 9.84 Å². The van der Waals surface area contributed by atoms with E-state index in [9.17, 15) is 0 Å². The van der Waals surface area contributed by atoms with E-state index in [2.05, 4.69) is 4.98 Å². The first kappa shape index (κ1) is 12.1. The number of aliphatic hydroxyl groups excluding tert-OH is 1. The van der Waals surface area contributed by atoms with Crippen molar-refractivity contribution >= 4 is 11.8 Å². The fourth-order valence-electron chi connectivity index (χ4n) is 1.08. The molecule has 3 nitrogen and oxygen atoms in total. The molecule has 1 aromatic rings. The van der Waals surface area contributed by atoms with Crippen molar-refractivity contribution in [3.63, 3.8) is 0 Å². The molecule has 0 aromatic carbocycles. The number of thioether (sulfide) groups is 1. The van der Waals surface area contributed by atoms with Crippen LogP contribution in [0.1, 0.15) is 18.2 Å². The molecule has 0 spiro atoms. The van der Waals surface area contributed by atoms with Gasteiger partial charge in [0.15, 0.2) is 0 Å². The number of nitrogens with zero attached hydrogens (tertiary/aromatic N) is 1. The molecule has 0 fully saturated rings. The molecule has 1 heterocycles. The van der Waals surface area contributed by atoms with Crippen LogP contribution in [-0.2, 0) is 11.3 Å². The lowest BCUT2D eigenvalue weighted by atomic mass is 10.2. The quantitative estimate of drug-likeness (QED) is 0.617. The van der Waals surface area contributed by atoms with Gasteiger partial charge in [0.25, 0.3) is 0 Å². The van der Waals surface area contributed by atoms with E-state index < -0.39 is 0 Å². The maximum absolute atomic E-state index is 9.04. The molecule has 1 aromatic heterocycles. The lowest BCUT2D eigenvalue weighted by molar-refractivity contribution is 0.270. The predicted octanol–water partition coefficient (Wildman–Crippen LogP) is 2.48. The Labute approximate surface area is 94.2 Å². The van der Waals surface area contributed by atoms with Gasteiger partial charge in [0.1, 0.15) is 0 Å². The average Bonchev–Trinajstić information content (AvgIpc) is 2.26. The van der Waals surface area contributed by atoms with E-state index in [-0.39, 0.29) is 6.61 Å². The first-order valence-corrected chi connectivity index (χ1v) is 5.66. The third-order valence-electron chi connectivity index (χ3n) is 1.92. The van der Waals surface area contributed by atoms with Gasteiger partial charge in [-0.3, -0.25) is 4.98 Å². The zero-order chi connectivity index (χ0) is 11.1. The predicted molar refractivity (Wildman–Crippen MR) is 61.5 cm³/mol.